The Bertz CT molecular complexity index is 732. The molecule has 2 aromatic carbocycles. The molecule has 0 bridgehead atoms. The number of hydrogen-bond acceptors (Lipinski definition) is 5. The second-order valence-electron chi connectivity index (χ2n) is 5.22. The van der Waals surface area contributed by atoms with Gasteiger partial charge in [-0.15, -0.1) is 0 Å². The molecule has 0 saturated carbocycles. The van der Waals surface area contributed by atoms with Gasteiger partial charge in [0, 0.05) is 11.3 Å². The fourth-order valence-corrected chi connectivity index (χ4v) is 2.39. The first-order valence-corrected chi connectivity index (χ1v) is 7.84. The quantitative estimate of drug-likeness (QED) is 0.746. The zero-order valence-corrected chi connectivity index (χ0v) is 14.5. The number of carbonyl (C=O) groups excluding carboxylic acids is 2. The highest BCUT2D eigenvalue weighted by Gasteiger charge is 2.16. The highest BCUT2D eigenvalue weighted by Crippen LogP contribution is 2.38. The van der Waals surface area contributed by atoms with E-state index in [-0.39, 0.29) is 18.3 Å². The van der Waals surface area contributed by atoms with Crippen molar-refractivity contribution in [1.82, 2.24) is 0 Å². The van der Waals surface area contributed by atoms with Gasteiger partial charge in [0.2, 0.25) is 5.75 Å². The lowest BCUT2D eigenvalue weighted by molar-refractivity contribution is -0.118. The van der Waals surface area contributed by atoms with Crippen molar-refractivity contribution in [3.63, 3.8) is 0 Å². The SMILES string of the molecule is CCc1ccccc1NC(=O)COc1c(OC)cc(C=O)cc1OC. The molecule has 0 spiro atoms. The number of methoxy groups -OCH3 is 2. The van der Waals surface area contributed by atoms with Crippen molar-refractivity contribution in [2.45, 2.75) is 13.3 Å². The van der Waals surface area contributed by atoms with Crippen molar-refractivity contribution in [2.24, 2.45) is 0 Å². The molecule has 6 nitrogen and oxygen atoms in total. The number of aryl methyl sites for hydroxylation is 1. The van der Waals surface area contributed by atoms with Crippen LogP contribution in [0.2, 0.25) is 0 Å². The van der Waals surface area contributed by atoms with E-state index in [1.165, 1.54) is 26.4 Å². The van der Waals surface area contributed by atoms with Crippen LogP contribution in [0.1, 0.15) is 22.8 Å². The maximum atomic E-state index is 12.2. The van der Waals surface area contributed by atoms with E-state index in [9.17, 15) is 9.59 Å². The number of rotatable bonds is 8. The summed E-state index contributed by atoms with van der Waals surface area (Å²) in [7, 11) is 2.90. The normalized spacial score (nSPS) is 10.0. The lowest BCUT2D eigenvalue weighted by Gasteiger charge is -2.15. The average molecular weight is 343 g/mol. The average Bonchev–Trinajstić information content (AvgIpc) is 2.65. The molecule has 0 heterocycles. The van der Waals surface area contributed by atoms with Gasteiger partial charge in [0.25, 0.3) is 5.91 Å². The van der Waals surface area contributed by atoms with E-state index in [1.54, 1.807) is 0 Å². The van der Waals surface area contributed by atoms with E-state index in [2.05, 4.69) is 5.32 Å². The smallest absolute Gasteiger partial charge is 0.262 e. The summed E-state index contributed by atoms with van der Waals surface area (Å²) in [4.78, 5) is 23.2. The Balaban J connectivity index is 2.12. The maximum absolute atomic E-state index is 12.2. The Morgan fingerprint density at radius 2 is 1.76 bits per heavy atom. The monoisotopic (exact) mass is 343 g/mol. The van der Waals surface area contributed by atoms with Crippen LogP contribution in [0, 0.1) is 0 Å². The molecule has 0 fully saturated rings. The van der Waals surface area contributed by atoms with Crippen molar-refractivity contribution in [3.8, 4) is 17.2 Å². The van der Waals surface area contributed by atoms with E-state index in [4.69, 9.17) is 14.2 Å². The maximum Gasteiger partial charge on any atom is 0.262 e. The molecule has 1 amide bonds. The first-order valence-electron chi connectivity index (χ1n) is 7.84. The number of aldehydes is 1. The van der Waals surface area contributed by atoms with Crippen LogP contribution in [0.5, 0.6) is 17.2 Å². The fraction of sp³-hybridized carbons (Fsp3) is 0.263. The molecule has 0 saturated heterocycles. The summed E-state index contributed by atoms with van der Waals surface area (Å²) >= 11 is 0. The number of nitrogens with one attached hydrogen (secondary N) is 1. The van der Waals surface area contributed by atoms with Gasteiger partial charge >= 0.3 is 0 Å². The van der Waals surface area contributed by atoms with E-state index < -0.39 is 0 Å². The number of amides is 1. The summed E-state index contributed by atoms with van der Waals surface area (Å²) < 4.78 is 16.0. The number of benzene rings is 2. The second-order valence-corrected chi connectivity index (χ2v) is 5.22. The molecule has 0 aliphatic carbocycles. The summed E-state index contributed by atoms with van der Waals surface area (Å²) in [6.45, 7) is 1.80. The van der Waals surface area contributed by atoms with Gasteiger partial charge in [-0.25, -0.2) is 0 Å². The van der Waals surface area contributed by atoms with Crippen molar-refractivity contribution in [3.05, 3.63) is 47.5 Å². The lowest BCUT2D eigenvalue weighted by atomic mass is 10.1. The minimum absolute atomic E-state index is 0.217. The third-order valence-electron chi connectivity index (χ3n) is 3.64. The predicted octanol–water partition coefficient (Wildman–Crippen LogP) is 3.10. The van der Waals surface area contributed by atoms with Gasteiger partial charge in [0.05, 0.1) is 14.2 Å². The molecular weight excluding hydrogens is 322 g/mol. The molecule has 6 heteroatoms. The largest absolute Gasteiger partial charge is 0.493 e. The zero-order valence-electron chi connectivity index (χ0n) is 14.5. The van der Waals surface area contributed by atoms with Gasteiger partial charge in [-0.1, -0.05) is 25.1 Å². The van der Waals surface area contributed by atoms with Gasteiger partial charge in [-0.2, -0.15) is 0 Å². The van der Waals surface area contributed by atoms with Crippen LogP contribution in [-0.2, 0) is 11.2 Å². The molecule has 0 atom stereocenters. The number of hydrogen-bond donors (Lipinski definition) is 1. The first kappa shape index (κ1) is 18.3. The van der Waals surface area contributed by atoms with Crippen LogP contribution in [0.15, 0.2) is 36.4 Å². The van der Waals surface area contributed by atoms with Crippen LogP contribution in [-0.4, -0.2) is 33.0 Å². The molecule has 0 aliphatic rings. The first-order chi connectivity index (χ1) is 12.1. The third-order valence-corrected chi connectivity index (χ3v) is 3.64. The van der Waals surface area contributed by atoms with Crippen LogP contribution in [0.4, 0.5) is 5.69 Å². The van der Waals surface area contributed by atoms with Crippen LogP contribution >= 0.6 is 0 Å². The molecule has 0 unspecified atom stereocenters. The molecule has 0 aromatic heterocycles. The van der Waals surface area contributed by atoms with Gasteiger partial charge in [-0.3, -0.25) is 9.59 Å². The molecule has 0 radical (unpaired) electrons. The van der Waals surface area contributed by atoms with Crippen molar-refractivity contribution < 1.29 is 23.8 Å². The Morgan fingerprint density at radius 1 is 1.12 bits per heavy atom. The summed E-state index contributed by atoms with van der Waals surface area (Å²) in [5.41, 5.74) is 2.19. The minimum atomic E-state index is -0.301. The fourth-order valence-electron chi connectivity index (χ4n) is 2.39. The summed E-state index contributed by atoms with van der Waals surface area (Å²) in [5, 5.41) is 2.83. The Kier molecular flexibility index (Phi) is 6.39. The van der Waals surface area contributed by atoms with Gasteiger partial charge in [-0.05, 0) is 30.2 Å². The predicted molar refractivity (Wildman–Crippen MR) is 94.9 cm³/mol. The Morgan fingerprint density at radius 3 is 2.32 bits per heavy atom. The van der Waals surface area contributed by atoms with E-state index in [0.717, 1.165) is 17.7 Å². The van der Waals surface area contributed by atoms with Crippen LogP contribution in [0.25, 0.3) is 0 Å². The molecule has 2 rings (SSSR count). The minimum Gasteiger partial charge on any atom is -0.493 e. The van der Waals surface area contributed by atoms with Crippen molar-refractivity contribution >= 4 is 17.9 Å². The van der Waals surface area contributed by atoms with Crippen LogP contribution < -0.4 is 19.5 Å². The standard InChI is InChI=1S/C19H21NO5/c1-4-14-7-5-6-8-15(14)20-18(22)12-25-19-16(23-2)9-13(11-21)10-17(19)24-3/h5-11H,4,12H2,1-3H3,(H,20,22). The van der Waals surface area contributed by atoms with Gasteiger partial charge < -0.3 is 19.5 Å². The molecule has 0 aliphatic heterocycles. The Hall–Kier alpha value is -3.02. The number of carbonyl (C=O) groups is 2. The summed E-state index contributed by atoms with van der Waals surface area (Å²) in [5.74, 6) is 0.616. The van der Waals surface area contributed by atoms with Crippen LogP contribution in [0.3, 0.4) is 0 Å². The second kappa shape index (κ2) is 8.73. The molecule has 2 aromatic rings. The molecule has 25 heavy (non-hydrogen) atoms. The highest BCUT2D eigenvalue weighted by atomic mass is 16.5. The lowest BCUT2D eigenvalue weighted by Crippen LogP contribution is -2.21. The number of para-hydroxylation sites is 1. The summed E-state index contributed by atoms with van der Waals surface area (Å²) in [6.07, 6.45) is 1.50. The number of anilines is 1. The summed E-state index contributed by atoms with van der Waals surface area (Å²) in [6, 6.07) is 10.6. The van der Waals surface area contributed by atoms with E-state index in [0.29, 0.717) is 23.3 Å². The molecule has 1 N–H and O–H groups in total. The topological polar surface area (TPSA) is 73.9 Å². The van der Waals surface area contributed by atoms with Crippen molar-refractivity contribution in [1.29, 1.82) is 0 Å². The number of ether oxygens (including phenoxy) is 3. The molecule has 132 valence electrons. The molecular formula is C19H21NO5. The zero-order chi connectivity index (χ0) is 18.2. The van der Waals surface area contributed by atoms with E-state index in [1.807, 2.05) is 31.2 Å². The van der Waals surface area contributed by atoms with E-state index >= 15 is 0 Å². The van der Waals surface area contributed by atoms with Crippen molar-refractivity contribution in [2.75, 3.05) is 26.1 Å². The highest BCUT2D eigenvalue weighted by molar-refractivity contribution is 5.92. The van der Waals surface area contributed by atoms with Gasteiger partial charge in [0.15, 0.2) is 18.1 Å². The third kappa shape index (κ3) is 4.50. The Labute approximate surface area is 146 Å². The van der Waals surface area contributed by atoms with Gasteiger partial charge in [0.1, 0.15) is 6.29 Å².